The number of anilines is 1. The monoisotopic (exact) mass is 439 g/mol. The molecule has 1 aromatic heterocycles. The van der Waals surface area contributed by atoms with Gasteiger partial charge in [0.2, 0.25) is 0 Å². The molecule has 0 aliphatic heterocycles. The third-order valence-corrected chi connectivity index (χ3v) is 4.76. The third kappa shape index (κ3) is 3.59. The van der Waals surface area contributed by atoms with Crippen molar-refractivity contribution in [3.8, 4) is 45.7 Å². The van der Waals surface area contributed by atoms with Gasteiger partial charge in [0.1, 0.15) is 34.7 Å². The molecule has 3 aromatic rings. The summed E-state index contributed by atoms with van der Waals surface area (Å²) in [6, 6.07) is 15.1. The van der Waals surface area contributed by atoms with Gasteiger partial charge in [0.15, 0.2) is 0 Å². The number of hydrogen-bond donors (Lipinski definition) is 1. The fourth-order valence-corrected chi connectivity index (χ4v) is 3.35. The van der Waals surface area contributed by atoms with E-state index in [1.54, 1.807) is 33.5 Å². The van der Waals surface area contributed by atoms with Crippen LogP contribution >= 0.6 is 15.9 Å². The zero-order valence-corrected chi connectivity index (χ0v) is 17.2. The van der Waals surface area contributed by atoms with Crippen molar-refractivity contribution >= 4 is 21.7 Å². The number of ether oxygens (including phenoxy) is 3. The average molecular weight is 440 g/mol. The molecule has 2 N–H and O–H groups in total. The lowest BCUT2D eigenvalue weighted by molar-refractivity contribution is 0.377. The Hall–Kier alpha value is -3.24. The van der Waals surface area contributed by atoms with Crippen LogP contribution in [0.4, 0.5) is 5.82 Å². The minimum absolute atomic E-state index is 0.134. The average Bonchev–Trinajstić information content (AvgIpc) is 2.72. The number of nitriles is 1. The first-order chi connectivity index (χ1) is 13.5. The Bertz CT molecular complexity index is 1050. The predicted octanol–water partition coefficient (Wildman–Crippen LogP) is 4.66. The Morgan fingerprint density at radius 3 is 2.21 bits per heavy atom. The van der Waals surface area contributed by atoms with Gasteiger partial charge in [0.25, 0.3) is 0 Å². The second kappa shape index (κ2) is 8.19. The topological polar surface area (TPSA) is 90.4 Å². The molecule has 3 rings (SSSR count). The minimum Gasteiger partial charge on any atom is -0.496 e. The summed E-state index contributed by atoms with van der Waals surface area (Å²) < 4.78 is 17.3. The smallest absolute Gasteiger partial charge is 0.142 e. The normalized spacial score (nSPS) is 10.2. The maximum absolute atomic E-state index is 9.71. The summed E-state index contributed by atoms with van der Waals surface area (Å²) >= 11 is 3.47. The number of nitrogens with two attached hydrogens (primary N) is 1. The van der Waals surface area contributed by atoms with E-state index in [4.69, 9.17) is 19.9 Å². The summed E-state index contributed by atoms with van der Waals surface area (Å²) in [5, 5.41) is 9.71. The van der Waals surface area contributed by atoms with Gasteiger partial charge in [0.05, 0.1) is 32.6 Å². The van der Waals surface area contributed by atoms with Crippen LogP contribution in [0.2, 0.25) is 0 Å². The van der Waals surface area contributed by atoms with Crippen LogP contribution in [0.3, 0.4) is 0 Å². The second-order valence-electron chi connectivity index (χ2n) is 5.84. The van der Waals surface area contributed by atoms with Gasteiger partial charge in [-0.15, -0.1) is 0 Å². The first kappa shape index (κ1) is 19.5. The molecule has 2 aromatic carbocycles. The van der Waals surface area contributed by atoms with E-state index in [1.807, 2.05) is 30.3 Å². The molecule has 0 bridgehead atoms. The van der Waals surface area contributed by atoms with Crippen LogP contribution in [0.5, 0.6) is 17.2 Å². The van der Waals surface area contributed by atoms with Gasteiger partial charge >= 0.3 is 0 Å². The molecule has 0 atom stereocenters. The van der Waals surface area contributed by atoms with Crippen LogP contribution in [0.1, 0.15) is 5.56 Å². The van der Waals surface area contributed by atoms with Gasteiger partial charge in [-0.2, -0.15) is 5.26 Å². The van der Waals surface area contributed by atoms with E-state index in [2.05, 4.69) is 27.0 Å². The number of methoxy groups -OCH3 is 3. The first-order valence-corrected chi connectivity index (χ1v) is 9.08. The highest BCUT2D eigenvalue weighted by Crippen LogP contribution is 2.44. The molecule has 142 valence electrons. The third-order valence-electron chi connectivity index (χ3n) is 4.26. The molecular formula is C21H18BrN3O3. The van der Waals surface area contributed by atoms with Crippen LogP contribution in [0.15, 0.2) is 46.9 Å². The molecule has 0 amide bonds. The Balaban J connectivity index is 2.34. The van der Waals surface area contributed by atoms with Crippen LogP contribution in [0.25, 0.3) is 22.4 Å². The SMILES string of the molecule is COc1cc(OC)c(-c2cc(-c3cccc(Br)c3)nc(N)c2C#N)c(OC)c1. The quantitative estimate of drug-likeness (QED) is 0.621. The molecule has 28 heavy (non-hydrogen) atoms. The van der Waals surface area contributed by atoms with Crippen molar-refractivity contribution in [3.63, 3.8) is 0 Å². The summed E-state index contributed by atoms with van der Waals surface area (Å²) in [4.78, 5) is 4.41. The van der Waals surface area contributed by atoms with Crippen molar-refractivity contribution in [2.45, 2.75) is 0 Å². The van der Waals surface area contributed by atoms with Crippen LogP contribution in [-0.2, 0) is 0 Å². The van der Waals surface area contributed by atoms with Crippen molar-refractivity contribution in [2.24, 2.45) is 0 Å². The largest absolute Gasteiger partial charge is 0.496 e. The van der Waals surface area contributed by atoms with E-state index in [1.165, 1.54) is 0 Å². The first-order valence-electron chi connectivity index (χ1n) is 8.29. The highest BCUT2D eigenvalue weighted by atomic mass is 79.9. The Morgan fingerprint density at radius 1 is 1.00 bits per heavy atom. The number of hydrogen-bond acceptors (Lipinski definition) is 6. The Morgan fingerprint density at radius 2 is 1.68 bits per heavy atom. The molecule has 0 unspecified atom stereocenters. The van der Waals surface area contributed by atoms with Crippen LogP contribution in [-0.4, -0.2) is 26.3 Å². The number of halogens is 1. The van der Waals surface area contributed by atoms with Gasteiger partial charge in [-0.25, -0.2) is 4.98 Å². The maximum Gasteiger partial charge on any atom is 0.142 e. The van der Waals surface area contributed by atoms with Crippen molar-refractivity contribution in [2.75, 3.05) is 27.1 Å². The number of rotatable bonds is 5. The fourth-order valence-electron chi connectivity index (χ4n) is 2.95. The number of nitrogens with zero attached hydrogens (tertiary/aromatic N) is 2. The molecule has 0 fully saturated rings. The molecule has 0 radical (unpaired) electrons. The maximum atomic E-state index is 9.71. The lowest BCUT2D eigenvalue weighted by Crippen LogP contribution is -2.02. The molecule has 7 heteroatoms. The molecule has 0 aliphatic rings. The van der Waals surface area contributed by atoms with Crippen molar-refractivity contribution in [1.29, 1.82) is 5.26 Å². The highest BCUT2D eigenvalue weighted by molar-refractivity contribution is 9.10. The van der Waals surface area contributed by atoms with Crippen LogP contribution < -0.4 is 19.9 Å². The van der Waals surface area contributed by atoms with Gasteiger partial charge in [-0.1, -0.05) is 28.1 Å². The molecule has 0 spiro atoms. The van der Waals surface area contributed by atoms with Crippen molar-refractivity contribution in [3.05, 3.63) is 52.5 Å². The number of aromatic nitrogens is 1. The molecule has 1 heterocycles. The van der Waals surface area contributed by atoms with E-state index in [-0.39, 0.29) is 11.4 Å². The highest BCUT2D eigenvalue weighted by Gasteiger charge is 2.21. The number of pyridine rings is 1. The van der Waals surface area contributed by atoms with Crippen LogP contribution in [0, 0.1) is 11.3 Å². The number of benzene rings is 2. The van der Waals surface area contributed by atoms with E-state index in [0.29, 0.717) is 34.1 Å². The van der Waals surface area contributed by atoms with Gasteiger partial charge in [-0.3, -0.25) is 0 Å². The second-order valence-corrected chi connectivity index (χ2v) is 6.76. The molecule has 0 saturated heterocycles. The van der Waals surface area contributed by atoms with Gasteiger partial charge in [0, 0.05) is 27.7 Å². The molecule has 6 nitrogen and oxygen atoms in total. The van der Waals surface area contributed by atoms with E-state index in [9.17, 15) is 5.26 Å². The lowest BCUT2D eigenvalue weighted by atomic mass is 9.96. The Kier molecular flexibility index (Phi) is 5.71. The van der Waals surface area contributed by atoms with E-state index < -0.39 is 0 Å². The molecule has 0 aliphatic carbocycles. The minimum atomic E-state index is 0.134. The lowest BCUT2D eigenvalue weighted by Gasteiger charge is -2.17. The van der Waals surface area contributed by atoms with Gasteiger partial charge < -0.3 is 19.9 Å². The van der Waals surface area contributed by atoms with Gasteiger partial charge in [-0.05, 0) is 18.2 Å². The molecule has 0 saturated carbocycles. The summed E-state index contributed by atoms with van der Waals surface area (Å²) in [5.74, 6) is 1.71. The zero-order chi connectivity index (χ0) is 20.3. The zero-order valence-electron chi connectivity index (χ0n) is 15.6. The summed E-state index contributed by atoms with van der Waals surface area (Å²) in [5.41, 5.74) is 9.05. The molecular weight excluding hydrogens is 422 g/mol. The summed E-state index contributed by atoms with van der Waals surface area (Å²) in [6.07, 6.45) is 0. The fraction of sp³-hybridized carbons (Fsp3) is 0.143. The Labute approximate surface area is 171 Å². The summed E-state index contributed by atoms with van der Waals surface area (Å²) in [7, 11) is 4.65. The number of nitrogen functional groups attached to an aromatic ring is 1. The van der Waals surface area contributed by atoms with E-state index in [0.717, 1.165) is 10.0 Å². The summed E-state index contributed by atoms with van der Waals surface area (Å²) in [6.45, 7) is 0. The van der Waals surface area contributed by atoms with Crippen molar-refractivity contribution < 1.29 is 14.2 Å². The van der Waals surface area contributed by atoms with Crippen molar-refractivity contribution in [1.82, 2.24) is 4.98 Å². The predicted molar refractivity (Wildman–Crippen MR) is 112 cm³/mol. The van der Waals surface area contributed by atoms with E-state index >= 15 is 0 Å². The standard InChI is InChI=1S/C21H18BrN3O3/c1-26-14-8-18(27-2)20(19(9-14)28-3)15-10-17(25-21(24)16(15)11-23)12-5-4-6-13(22)7-12/h4-10H,1-3H3,(H2,24,25).